The maximum absolute atomic E-state index is 7.33. The molecule has 0 fully saturated rings. The molecule has 0 atom stereocenters. The fourth-order valence-electron chi connectivity index (χ4n) is 0.878. The average molecular weight is 149 g/mol. The van der Waals surface area contributed by atoms with Gasteiger partial charge in [0.2, 0.25) is 0 Å². The fourth-order valence-corrected chi connectivity index (χ4v) is 0.878. The van der Waals surface area contributed by atoms with Gasteiger partial charge in [0.25, 0.3) is 0 Å². The first-order chi connectivity index (χ1) is 4.70. The van der Waals surface area contributed by atoms with Gasteiger partial charge in [0.1, 0.15) is 0 Å². The van der Waals surface area contributed by atoms with Crippen LogP contribution in [0.5, 0.6) is 0 Å². The Hall–Kier alpha value is -1.11. The van der Waals surface area contributed by atoms with E-state index in [-0.39, 0.29) is 7.43 Å². The maximum atomic E-state index is 7.33. The second kappa shape index (κ2) is 3.91. The van der Waals surface area contributed by atoms with E-state index in [1.54, 1.807) is 6.92 Å². The van der Waals surface area contributed by atoms with Crippen LogP contribution in [0.2, 0.25) is 0 Å². The van der Waals surface area contributed by atoms with Gasteiger partial charge in [-0.2, -0.15) is 0 Å². The van der Waals surface area contributed by atoms with Crippen LogP contribution in [0, 0.1) is 12.3 Å². The molecule has 1 aromatic rings. The predicted octanol–water partition coefficient (Wildman–Crippen LogP) is 3.02. The summed E-state index contributed by atoms with van der Waals surface area (Å²) in [6.07, 6.45) is 0. The topological polar surface area (TPSA) is 23.9 Å². The average Bonchev–Trinajstić information content (AvgIpc) is 1.88. The van der Waals surface area contributed by atoms with Crippen molar-refractivity contribution in [1.82, 2.24) is 0 Å². The Morgan fingerprint density at radius 1 is 1.36 bits per heavy atom. The predicted molar refractivity (Wildman–Crippen MR) is 50.4 cm³/mol. The van der Waals surface area contributed by atoms with Crippen LogP contribution in [-0.4, -0.2) is 5.71 Å². The molecule has 1 rings (SSSR count). The maximum Gasteiger partial charge on any atom is 0.0355 e. The molecule has 1 heteroatoms. The van der Waals surface area contributed by atoms with Gasteiger partial charge in [0, 0.05) is 5.71 Å². The molecule has 1 aromatic carbocycles. The van der Waals surface area contributed by atoms with Crippen LogP contribution in [0.1, 0.15) is 25.5 Å². The number of benzene rings is 1. The van der Waals surface area contributed by atoms with Gasteiger partial charge in [-0.1, -0.05) is 37.3 Å². The minimum Gasteiger partial charge on any atom is -0.305 e. The Morgan fingerprint density at radius 2 is 2.00 bits per heavy atom. The Morgan fingerprint density at radius 3 is 2.36 bits per heavy atom. The quantitative estimate of drug-likeness (QED) is 0.593. The van der Waals surface area contributed by atoms with E-state index in [1.165, 1.54) is 5.56 Å². The Bertz CT molecular complexity index is 251. The molecule has 0 amide bonds. The van der Waals surface area contributed by atoms with Gasteiger partial charge in [-0.25, -0.2) is 0 Å². The van der Waals surface area contributed by atoms with Crippen molar-refractivity contribution < 1.29 is 0 Å². The molecule has 11 heavy (non-hydrogen) atoms. The van der Waals surface area contributed by atoms with Gasteiger partial charge < -0.3 is 5.41 Å². The van der Waals surface area contributed by atoms with Gasteiger partial charge in [-0.15, -0.1) is 0 Å². The summed E-state index contributed by atoms with van der Waals surface area (Å²) in [5.41, 5.74) is 2.85. The summed E-state index contributed by atoms with van der Waals surface area (Å²) in [4.78, 5) is 0. The molecule has 0 aliphatic rings. The van der Waals surface area contributed by atoms with Crippen molar-refractivity contribution in [3.05, 3.63) is 35.4 Å². The largest absolute Gasteiger partial charge is 0.305 e. The molecule has 0 aromatic heterocycles. The summed E-state index contributed by atoms with van der Waals surface area (Å²) in [6.45, 7) is 3.83. The molecule has 0 unspecified atom stereocenters. The van der Waals surface area contributed by atoms with Crippen molar-refractivity contribution in [3.63, 3.8) is 0 Å². The summed E-state index contributed by atoms with van der Waals surface area (Å²) in [6, 6.07) is 7.98. The summed E-state index contributed by atoms with van der Waals surface area (Å²) in [7, 11) is 0. The van der Waals surface area contributed by atoms with E-state index in [9.17, 15) is 0 Å². The molecule has 0 bridgehead atoms. The highest BCUT2D eigenvalue weighted by atomic mass is 14.4. The van der Waals surface area contributed by atoms with Crippen LogP contribution in [0.15, 0.2) is 24.3 Å². The fraction of sp³-hybridized carbons (Fsp3) is 0.300. The minimum absolute atomic E-state index is 0. The smallest absolute Gasteiger partial charge is 0.0355 e. The van der Waals surface area contributed by atoms with Crippen molar-refractivity contribution in [2.45, 2.75) is 21.3 Å². The lowest BCUT2D eigenvalue weighted by molar-refractivity contribution is 1.41. The molecule has 0 heterocycles. The van der Waals surface area contributed by atoms with Crippen molar-refractivity contribution in [2.75, 3.05) is 0 Å². The molecule has 0 aliphatic carbocycles. The van der Waals surface area contributed by atoms with Crippen LogP contribution in [0.3, 0.4) is 0 Å². The van der Waals surface area contributed by atoms with Gasteiger partial charge in [0.05, 0.1) is 0 Å². The van der Waals surface area contributed by atoms with Gasteiger partial charge in [-0.3, -0.25) is 0 Å². The van der Waals surface area contributed by atoms with Crippen molar-refractivity contribution in [1.29, 1.82) is 5.41 Å². The monoisotopic (exact) mass is 149 g/mol. The summed E-state index contributed by atoms with van der Waals surface area (Å²) in [5.74, 6) is 0. The molecule has 1 N–H and O–H groups in total. The first-order valence-corrected chi connectivity index (χ1v) is 3.32. The summed E-state index contributed by atoms with van der Waals surface area (Å²) < 4.78 is 0. The highest BCUT2D eigenvalue weighted by molar-refractivity contribution is 5.96. The van der Waals surface area contributed by atoms with Crippen molar-refractivity contribution in [2.24, 2.45) is 0 Å². The highest BCUT2D eigenvalue weighted by Gasteiger charge is 1.92. The lowest BCUT2D eigenvalue weighted by Crippen LogP contribution is -1.90. The standard InChI is InChI=1S/C9H11N.CH4/c1-7-4-3-5-9(6-7)8(2)10;/h3-6,10H,1-2H3;1H4. The van der Waals surface area contributed by atoms with E-state index < -0.39 is 0 Å². The van der Waals surface area contributed by atoms with Crippen molar-refractivity contribution in [3.8, 4) is 0 Å². The van der Waals surface area contributed by atoms with E-state index in [0.717, 1.165) is 5.56 Å². The van der Waals surface area contributed by atoms with Crippen LogP contribution >= 0.6 is 0 Å². The zero-order chi connectivity index (χ0) is 7.56. The third kappa shape index (κ3) is 2.54. The third-order valence-electron chi connectivity index (χ3n) is 1.45. The second-order valence-corrected chi connectivity index (χ2v) is 2.49. The van der Waals surface area contributed by atoms with E-state index in [2.05, 4.69) is 0 Å². The molecule has 0 radical (unpaired) electrons. The SMILES string of the molecule is C.CC(=N)c1cccc(C)c1. The zero-order valence-corrected chi connectivity index (χ0v) is 6.31. The number of nitrogens with one attached hydrogen (secondary N) is 1. The van der Waals surface area contributed by atoms with E-state index in [4.69, 9.17) is 5.41 Å². The molecule has 0 spiro atoms. The van der Waals surface area contributed by atoms with E-state index >= 15 is 0 Å². The minimum atomic E-state index is 0. The van der Waals surface area contributed by atoms with Crippen LogP contribution in [0.25, 0.3) is 0 Å². The molecule has 0 aliphatic heterocycles. The van der Waals surface area contributed by atoms with Crippen molar-refractivity contribution >= 4 is 5.71 Å². The van der Waals surface area contributed by atoms with E-state index in [1.807, 2.05) is 31.2 Å². The van der Waals surface area contributed by atoms with E-state index in [0.29, 0.717) is 5.71 Å². The molecular weight excluding hydrogens is 134 g/mol. The molecular formula is C10H15N. The lowest BCUT2D eigenvalue weighted by Gasteiger charge is -1.97. The Kier molecular flexibility index (Phi) is 3.52. The molecule has 60 valence electrons. The number of aryl methyl sites for hydroxylation is 1. The molecule has 0 saturated heterocycles. The van der Waals surface area contributed by atoms with Gasteiger partial charge in [-0.05, 0) is 19.4 Å². The molecule has 1 nitrogen and oxygen atoms in total. The van der Waals surface area contributed by atoms with Crippen LogP contribution in [0.4, 0.5) is 0 Å². The van der Waals surface area contributed by atoms with Crippen LogP contribution < -0.4 is 0 Å². The Labute approximate surface area is 68.6 Å². The summed E-state index contributed by atoms with van der Waals surface area (Å²) in [5, 5.41) is 7.33. The first kappa shape index (κ1) is 9.89. The number of rotatable bonds is 1. The first-order valence-electron chi connectivity index (χ1n) is 3.32. The molecule has 0 saturated carbocycles. The van der Waals surface area contributed by atoms with Crippen LogP contribution in [-0.2, 0) is 0 Å². The second-order valence-electron chi connectivity index (χ2n) is 2.49. The van der Waals surface area contributed by atoms with Gasteiger partial charge in [0.15, 0.2) is 0 Å². The normalized spacial score (nSPS) is 8.55. The Balaban J connectivity index is 0.000001000. The number of hydrogen-bond donors (Lipinski definition) is 1. The van der Waals surface area contributed by atoms with Gasteiger partial charge >= 0.3 is 0 Å². The summed E-state index contributed by atoms with van der Waals surface area (Å²) >= 11 is 0. The third-order valence-corrected chi connectivity index (χ3v) is 1.45. The number of hydrogen-bond acceptors (Lipinski definition) is 1. The zero-order valence-electron chi connectivity index (χ0n) is 6.31. The highest BCUT2D eigenvalue weighted by Crippen LogP contribution is 2.03. The lowest BCUT2D eigenvalue weighted by atomic mass is 10.1.